The molecule has 33 heavy (non-hydrogen) atoms. The SMILES string of the molecule is Cc1ccc(CCCN2CCN(CCOCc3ccc(Oc4ccccc4)cc3)CC2)cc1. The summed E-state index contributed by atoms with van der Waals surface area (Å²) in [5.41, 5.74) is 3.97. The number of aryl methyl sites for hydroxylation is 2. The van der Waals surface area contributed by atoms with Gasteiger partial charge in [-0.05, 0) is 61.7 Å². The standard InChI is InChI=1S/C29H36N2O2/c1-25-9-11-26(12-10-25)6-5-17-30-18-20-31(21-19-30)22-23-32-24-27-13-15-29(16-14-27)33-28-7-3-2-4-8-28/h2-4,7-16H,5-6,17-24H2,1H3. The second-order valence-corrected chi connectivity index (χ2v) is 8.88. The first-order chi connectivity index (χ1) is 16.2. The van der Waals surface area contributed by atoms with Crippen LogP contribution >= 0.6 is 0 Å². The Morgan fingerprint density at radius 2 is 1.27 bits per heavy atom. The fraction of sp³-hybridized carbons (Fsp3) is 0.379. The van der Waals surface area contributed by atoms with E-state index in [0.29, 0.717) is 6.61 Å². The van der Waals surface area contributed by atoms with Crippen molar-refractivity contribution in [2.75, 3.05) is 45.9 Å². The Morgan fingerprint density at radius 1 is 0.667 bits per heavy atom. The van der Waals surface area contributed by atoms with Crippen molar-refractivity contribution in [2.45, 2.75) is 26.4 Å². The number of ether oxygens (including phenoxy) is 2. The molecule has 174 valence electrons. The highest BCUT2D eigenvalue weighted by atomic mass is 16.5. The van der Waals surface area contributed by atoms with Crippen LogP contribution in [-0.2, 0) is 17.8 Å². The number of rotatable bonds is 11. The van der Waals surface area contributed by atoms with Crippen LogP contribution in [0.15, 0.2) is 78.9 Å². The van der Waals surface area contributed by atoms with Gasteiger partial charge in [-0.1, -0.05) is 60.2 Å². The van der Waals surface area contributed by atoms with Crippen LogP contribution in [0.3, 0.4) is 0 Å². The predicted molar refractivity (Wildman–Crippen MR) is 135 cm³/mol. The number of para-hydroxylation sites is 1. The third-order valence-electron chi connectivity index (χ3n) is 6.25. The highest BCUT2D eigenvalue weighted by Crippen LogP contribution is 2.21. The number of benzene rings is 3. The van der Waals surface area contributed by atoms with E-state index in [1.54, 1.807) is 0 Å². The molecule has 4 heteroatoms. The first-order valence-electron chi connectivity index (χ1n) is 12.1. The normalized spacial score (nSPS) is 14.9. The zero-order valence-corrected chi connectivity index (χ0v) is 19.8. The summed E-state index contributed by atoms with van der Waals surface area (Å²) in [4.78, 5) is 5.12. The third-order valence-corrected chi connectivity index (χ3v) is 6.25. The van der Waals surface area contributed by atoms with E-state index in [-0.39, 0.29) is 0 Å². The maximum atomic E-state index is 5.93. The number of piperazine rings is 1. The average molecular weight is 445 g/mol. The minimum atomic E-state index is 0.643. The van der Waals surface area contributed by atoms with E-state index in [1.165, 1.54) is 36.1 Å². The molecule has 0 spiro atoms. The molecule has 0 amide bonds. The molecule has 1 heterocycles. The van der Waals surface area contributed by atoms with Crippen LogP contribution < -0.4 is 4.74 Å². The second-order valence-electron chi connectivity index (χ2n) is 8.88. The highest BCUT2D eigenvalue weighted by molar-refractivity contribution is 5.32. The monoisotopic (exact) mass is 444 g/mol. The summed E-state index contributed by atoms with van der Waals surface area (Å²) in [5.74, 6) is 1.70. The van der Waals surface area contributed by atoms with E-state index < -0.39 is 0 Å². The molecule has 0 N–H and O–H groups in total. The van der Waals surface area contributed by atoms with E-state index >= 15 is 0 Å². The fourth-order valence-electron chi connectivity index (χ4n) is 4.16. The summed E-state index contributed by atoms with van der Waals surface area (Å²) in [6, 6.07) is 27.0. The molecule has 0 atom stereocenters. The maximum Gasteiger partial charge on any atom is 0.127 e. The van der Waals surface area contributed by atoms with Gasteiger partial charge in [0.25, 0.3) is 0 Å². The zero-order valence-electron chi connectivity index (χ0n) is 19.8. The molecule has 4 rings (SSSR count). The van der Waals surface area contributed by atoms with Gasteiger partial charge < -0.3 is 14.4 Å². The molecule has 0 saturated carbocycles. The first kappa shape index (κ1) is 23.5. The van der Waals surface area contributed by atoms with Gasteiger partial charge in [0.2, 0.25) is 0 Å². The minimum absolute atomic E-state index is 0.643. The van der Waals surface area contributed by atoms with E-state index in [4.69, 9.17) is 9.47 Å². The molecule has 1 aliphatic heterocycles. The van der Waals surface area contributed by atoms with Gasteiger partial charge >= 0.3 is 0 Å². The van der Waals surface area contributed by atoms with Gasteiger partial charge in [-0.2, -0.15) is 0 Å². The molecule has 1 fully saturated rings. The van der Waals surface area contributed by atoms with Crippen molar-refractivity contribution >= 4 is 0 Å². The smallest absolute Gasteiger partial charge is 0.127 e. The fourth-order valence-corrected chi connectivity index (χ4v) is 4.16. The lowest BCUT2D eigenvalue weighted by atomic mass is 10.1. The lowest BCUT2D eigenvalue weighted by molar-refractivity contribution is 0.0682. The Balaban J connectivity index is 1.06. The van der Waals surface area contributed by atoms with Crippen molar-refractivity contribution in [3.8, 4) is 11.5 Å². The van der Waals surface area contributed by atoms with Crippen molar-refractivity contribution in [3.05, 3.63) is 95.6 Å². The van der Waals surface area contributed by atoms with Crippen LogP contribution in [0.1, 0.15) is 23.1 Å². The Kier molecular flexibility index (Phi) is 8.93. The molecular weight excluding hydrogens is 408 g/mol. The van der Waals surface area contributed by atoms with E-state index in [1.807, 2.05) is 42.5 Å². The van der Waals surface area contributed by atoms with Gasteiger partial charge in [0.05, 0.1) is 13.2 Å². The average Bonchev–Trinajstić information content (AvgIpc) is 2.86. The molecular formula is C29H36N2O2. The summed E-state index contributed by atoms with van der Waals surface area (Å²) in [6.45, 7) is 10.4. The summed E-state index contributed by atoms with van der Waals surface area (Å²) in [7, 11) is 0. The molecule has 0 aromatic heterocycles. The molecule has 3 aromatic carbocycles. The van der Waals surface area contributed by atoms with Crippen LogP contribution in [-0.4, -0.2) is 55.7 Å². The Labute approximate surface area is 198 Å². The number of hydrogen-bond acceptors (Lipinski definition) is 4. The van der Waals surface area contributed by atoms with Crippen molar-refractivity contribution in [1.82, 2.24) is 9.80 Å². The maximum absolute atomic E-state index is 5.93. The third kappa shape index (κ3) is 8.01. The molecule has 0 unspecified atom stereocenters. The Bertz CT molecular complexity index is 934. The summed E-state index contributed by atoms with van der Waals surface area (Å²) in [6.07, 6.45) is 2.41. The van der Waals surface area contributed by atoms with Gasteiger partial charge in [-0.15, -0.1) is 0 Å². The molecule has 1 saturated heterocycles. The van der Waals surface area contributed by atoms with Gasteiger partial charge in [0.15, 0.2) is 0 Å². The predicted octanol–water partition coefficient (Wildman–Crippen LogP) is 5.55. The van der Waals surface area contributed by atoms with Crippen LogP contribution in [0.2, 0.25) is 0 Å². The van der Waals surface area contributed by atoms with E-state index in [0.717, 1.165) is 50.8 Å². The molecule has 3 aromatic rings. The van der Waals surface area contributed by atoms with Gasteiger partial charge in [0, 0.05) is 32.7 Å². The second kappa shape index (κ2) is 12.5. The summed E-state index contributed by atoms with van der Waals surface area (Å²) >= 11 is 0. The molecule has 4 nitrogen and oxygen atoms in total. The molecule has 1 aliphatic rings. The minimum Gasteiger partial charge on any atom is -0.457 e. The number of hydrogen-bond donors (Lipinski definition) is 0. The van der Waals surface area contributed by atoms with E-state index in [9.17, 15) is 0 Å². The Morgan fingerprint density at radius 3 is 1.97 bits per heavy atom. The lowest BCUT2D eigenvalue weighted by Gasteiger charge is -2.34. The molecule has 0 bridgehead atoms. The van der Waals surface area contributed by atoms with Crippen LogP contribution in [0.4, 0.5) is 0 Å². The highest BCUT2D eigenvalue weighted by Gasteiger charge is 2.16. The quantitative estimate of drug-likeness (QED) is 0.362. The summed E-state index contributed by atoms with van der Waals surface area (Å²) < 4.78 is 11.8. The first-order valence-corrected chi connectivity index (χ1v) is 12.1. The van der Waals surface area contributed by atoms with Gasteiger partial charge in [-0.25, -0.2) is 0 Å². The van der Waals surface area contributed by atoms with E-state index in [2.05, 4.69) is 53.1 Å². The topological polar surface area (TPSA) is 24.9 Å². The Hall–Kier alpha value is -2.66. The zero-order chi connectivity index (χ0) is 22.7. The van der Waals surface area contributed by atoms with Crippen molar-refractivity contribution in [3.63, 3.8) is 0 Å². The lowest BCUT2D eigenvalue weighted by Crippen LogP contribution is -2.47. The number of nitrogens with zero attached hydrogens (tertiary/aromatic N) is 2. The van der Waals surface area contributed by atoms with Crippen molar-refractivity contribution < 1.29 is 9.47 Å². The van der Waals surface area contributed by atoms with Crippen molar-refractivity contribution in [2.24, 2.45) is 0 Å². The molecule has 0 radical (unpaired) electrons. The van der Waals surface area contributed by atoms with Crippen LogP contribution in [0, 0.1) is 6.92 Å². The van der Waals surface area contributed by atoms with Gasteiger partial charge in [-0.3, -0.25) is 4.90 Å². The van der Waals surface area contributed by atoms with Crippen LogP contribution in [0.25, 0.3) is 0 Å². The molecule has 0 aliphatic carbocycles. The van der Waals surface area contributed by atoms with Crippen molar-refractivity contribution in [1.29, 1.82) is 0 Å². The summed E-state index contributed by atoms with van der Waals surface area (Å²) in [5, 5.41) is 0. The van der Waals surface area contributed by atoms with Gasteiger partial charge in [0.1, 0.15) is 11.5 Å². The largest absolute Gasteiger partial charge is 0.457 e. The van der Waals surface area contributed by atoms with Crippen LogP contribution in [0.5, 0.6) is 11.5 Å².